The Balaban J connectivity index is 1.47. The highest BCUT2D eigenvalue weighted by Gasteiger charge is 2.58. The number of fused-ring (bicyclic) bond motifs is 3. The normalized spacial score (nSPS) is 26.0. The van der Waals surface area contributed by atoms with Crippen molar-refractivity contribution in [3.63, 3.8) is 0 Å². The first kappa shape index (κ1) is 20.5. The average molecular weight is 471 g/mol. The van der Waals surface area contributed by atoms with Crippen LogP contribution in [0.3, 0.4) is 0 Å². The Morgan fingerprint density at radius 1 is 0.788 bits per heavy atom. The number of hydrogen-bond donors (Lipinski definition) is 0. The number of imide groups is 1. The minimum atomic E-state index is -0.481. The fourth-order valence-corrected chi connectivity index (χ4v) is 6.49. The van der Waals surface area contributed by atoms with Crippen LogP contribution in [0.4, 0.5) is 5.69 Å². The first-order valence-electron chi connectivity index (χ1n) is 10.8. The fraction of sp³-hybridized carbons (Fsp3) is 0.148. The third-order valence-corrected chi connectivity index (χ3v) is 8.10. The van der Waals surface area contributed by atoms with Crippen molar-refractivity contribution in [2.75, 3.05) is 4.90 Å². The zero-order chi connectivity index (χ0) is 22.5. The van der Waals surface area contributed by atoms with Crippen molar-refractivity contribution in [2.45, 2.75) is 11.2 Å². The summed E-state index contributed by atoms with van der Waals surface area (Å²) in [5, 5.41) is 1.34. The molecule has 1 saturated heterocycles. The number of para-hydroxylation sites is 1. The lowest BCUT2D eigenvalue weighted by Gasteiger charge is -2.31. The van der Waals surface area contributed by atoms with E-state index in [0.717, 1.165) is 21.9 Å². The molecular formula is C27H19ClN2O2S. The summed E-state index contributed by atoms with van der Waals surface area (Å²) in [7, 11) is 0. The lowest BCUT2D eigenvalue weighted by Crippen LogP contribution is -2.36. The molecule has 2 amide bonds. The van der Waals surface area contributed by atoms with Crippen molar-refractivity contribution in [1.29, 1.82) is 0 Å². The molecule has 4 atom stereocenters. The number of thioether (sulfide) groups is 1. The van der Waals surface area contributed by atoms with Gasteiger partial charge >= 0.3 is 0 Å². The number of nitrogens with zero attached hydrogens (tertiary/aromatic N) is 2. The lowest BCUT2D eigenvalue weighted by atomic mass is 9.73. The van der Waals surface area contributed by atoms with Crippen molar-refractivity contribution >= 4 is 45.9 Å². The van der Waals surface area contributed by atoms with Crippen molar-refractivity contribution in [3.8, 4) is 0 Å². The Bertz CT molecular complexity index is 1300. The molecule has 0 N–H and O–H groups in total. The minimum Gasteiger partial charge on any atom is -0.274 e. The van der Waals surface area contributed by atoms with E-state index in [2.05, 4.69) is 6.08 Å². The molecule has 6 rings (SSSR count). The number of rotatable bonds is 3. The van der Waals surface area contributed by atoms with Gasteiger partial charge in [0.05, 0.1) is 28.5 Å². The SMILES string of the molecule is O=C1[C@@H]2[C@H](C(=O)N1c1ccccc1)[C@H](c1ccc(Cl)cc1)C=C1N=C(c3ccccc3)S[C@@H]12. The summed E-state index contributed by atoms with van der Waals surface area (Å²) in [6, 6.07) is 26.7. The van der Waals surface area contributed by atoms with Crippen molar-refractivity contribution < 1.29 is 9.59 Å². The maximum absolute atomic E-state index is 13.8. The summed E-state index contributed by atoms with van der Waals surface area (Å²) >= 11 is 7.71. The second-order valence-corrected chi connectivity index (χ2v) is 9.96. The van der Waals surface area contributed by atoms with Gasteiger partial charge in [0.15, 0.2) is 0 Å². The van der Waals surface area contributed by atoms with Gasteiger partial charge in [0.2, 0.25) is 11.8 Å². The molecule has 33 heavy (non-hydrogen) atoms. The molecule has 1 fully saturated rings. The molecule has 3 aromatic carbocycles. The zero-order valence-electron chi connectivity index (χ0n) is 17.5. The van der Waals surface area contributed by atoms with Gasteiger partial charge in [-0.05, 0) is 29.8 Å². The monoisotopic (exact) mass is 470 g/mol. The second kappa shape index (κ2) is 8.01. The Labute approximate surface area is 201 Å². The van der Waals surface area contributed by atoms with Crippen LogP contribution in [-0.2, 0) is 9.59 Å². The average Bonchev–Trinajstić information content (AvgIpc) is 3.39. The van der Waals surface area contributed by atoms with Gasteiger partial charge in [0, 0.05) is 16.5 Å². The summed E-state index contributed by atoms with van der Waals surface area (Å²) in [6.45, 7) is 0. The molecule has 3 aliphatic rings. The summed E-state index contributed by atoms with van der Waals surface area (Å²) < 4.78 is 0. The number of amides is 2. The molecule has 0 unspecified atom stereocenters. The smallest absolute Gasteiger partial charge is 0.239 e. The molecule has 2 heterocycles. The van der Waals surface area contributed by atoms with Gasteiger partial charge in [-0.25, -0.2) is 9.89 Å². The van der Waals surface area contributed by atoms with Crippen LogP contribution in [0.5, 0.6) is 0 Å². The van der Waals surface area contributed by atoms with Crippen molar-refractivity contribution in [3.05, 3.63) is 113 Å². The van der Waals surface area contributed by atoms with E-state index in [4.69, 9.17) is 16.6 Å². The van der Waals surface area contributed by atoms with E-state index in [1.54, 1.807) is 11.8 Å². The van der Waals surface area contributed by atoms with Crippen LogP contribution in [0.1, 0.15) is 17.0 Å². The largest absolute Gasteiger partial charge is 0.274 e. The quantitative estimate of drug-likeness (QED) is 0.462. The molecule has 0 radical (unpaired) electrons. The van der Waals surface area contributed by atoms with Crippen LogP contribution < -0.4 is 4.90 Å². The topological polar surface area (TPSA) is 49.7 Å². The number of carbonyl (C=O) groups is 2. The number of halogens is 1. The van der Waals surface area contributed by atoms with Gasteiger partial charge in [-0.2, -0.15) is 0 Å². The zero-order valence-corrected chi connectivity index (χ0v) is 19.0. The first-order chi connectivity index (χ1) is 16.1. The highest BCUT2D eigenvalue weighted by Crippen LogP contribution is 2.53. The molecule has 162 valence electrons. The predicted octanol–water partition coefficient (Wildman–Crippen LogP) is 5.69. The minimum absolute atomic E-state index is 0.150. The Morgan fingerprint density at radius 3 is 2.12 bits per heavy atom. The molecular weight excluding hydrogens is 452 g/mol. The van der Waals surface area contributed by atoms with Crippen LogP contribution in [0.25, 0.3) is 0 Å². The van der Waals surface area contributed by atoms with Gasteiger partial charge in [-0.1, -0.05) is 90.1 Å². The third kappa shape index (κ3) is 3.35. The molecule has 6 heteroatoms. The van der Waals surface area contributed by atoms with Gasteiger partial charge in [0.1, 0.15) is 5.04 Å². The Morgan fingerprint density at radius 2 is 1.42 bits per heavy atom. The van der Waals surface area contributed by atoms with Crippen molar-refractivity contribution in [2.24, 2.45) is 16.8 Å². The third-order valence-electron chi connectivity index (χ3n) is 6.51. The first-order valence-corrected chi connectivity index (χ1v) is 12.1. The van der Waals surface area contributed by atoms with Crippen molar-refractivity contribution in [1.82, 2.24) is 0 Å². The number of carbonyl (C=O) groups excluding carboxylic acids is 2. The van der Waals surface area contributed by atoms with E-state index in [1.165, 1.54) is 4.90 Å². The van der Waals surface area contributed by atoms with Crippen LogP contribution >= 0.6 is 23.4 Å². The molecule has 0 aromatic heterocycles. The van der Waals surface area contributed by atoms with E-state index < -0.39 is 11.8 Å². The maximum Gasteiger partial charge on any atom is 0.239 e. The highest BCUT2D eigenvalue weighted by atomic mass is 35.5. The molecule has 0 spiro atoms. The van der Waals surface area contributed by atoms with E-state index in [-0.39, 0.29) is 23.0 Å². The van der Waals surface area contributed by atoms with Crippen LogP contribution in [0, 0.1) is 11.8 Å². The maximum atomic E-state index is 13.8. The number of allylic oxidation sites excluding steroid dienone is 1. The number of aliphatic imine (C=N–C) groups is 1. The summed E-state index contributed by atoms with van der Waals surface area (Å²) in [5.74, 6) is -1.51. The molecule has 3 aromatic rings. The molecule has 0 saturated carbocycles. The molecule has 4 nitrogen and oxygen atoms in total. The molecule has 1 aliphatic carbocycles. The summed E-state index contributed by atoms with van der Waals surface area (Å²) in [5.41, 5.74) is 3.47. The number of benzene rings is 3. The lowest BCUT2D eigenvalue weighted by molar-refractivity contribution is -0.122. The van der Waals surface area contributed by atoms with E-state index in [0.29, 0.717) is 10.7 Å². The van der Waals surface area contributed by atoms with Gasteiger partial charge in [-0.15, -0.1) is 0 Å². The van der Waals surface area contributed by atoms with Crippen LogP contribution in [0.2, 0.25) is 5.02 Å². The van der Waals surface area contributed by atoms with Gasteiger partial charge < -0.3 is 0 Å². The Kier molecular flexibility index (Phi) is 4.97. The second-order valence-electron chi connectivity index (χ2n) is 8.39. The predicted molar refractivity (Wildman–Crippen MR) is 133 cm³/mol. The standard InChI is InChI=1S/C27H19ClN2O2S/c28-18-13-11-16(12-14-18)20-15-21-24(33-25(29-21)17-7-3-1-4-8-17)23-22(20)26(31)30(27(23)32)19-9-5-2-6-10-19/h1-15,20,22-24H/t20-,22+,23+,24-/m0/s1. The van der Waals surface area contributed by atoms with E-state index >= 15 is 0 Å². The van der Waals surface area contributed by atoms with E-state index in [9.17, 15) is 9.59 Å². The molecule has 2 aliphatic heterocycles. The Hall–Kier alpha value is -3.15. The number of hydrogen-bond acceptors (Lipinski definition) is 4. The van der Waals surface area contributed by atoms with Gasteiger partial charge in [-0.3, -0.25) is 9.59 Å². The van der Waals surface area contributed by atoms with E-state index in [1.807, 2.05) is 84.9 Å². The number of anilines is 1. The summed E-state index contributed by atoms with van der Waals surface area (Å²) in [4.78, 5) is 33.8. The molecule has 0 bridgehead atoms. The fourth-order valence-electron chi connectivity index (χ4n) is 5.01. The van der Waals surface area contributed by atoms with Crippen LogP contribution in [-0.4, -0.2) is 22.1 Å². The van der Waals surface area contributed by atoms with Gasteiger partial charge in [0.25, 0.3) is 0 Å². The summed E-state index contributed by atoms with van der Waals surface area (Å²) in [6.07, 6.45) is 2.08. The van der Waals surface area contributed by atoms with Crippen LogP contribution in [0.15, 0.2) is 102 Å². The highest BCUT2D eigenvalue weighted by molar-refractivity contribution is 8.15.